The van der Waals surface area contributed by atoms with Crippen LogP contribution >= 0.6 is 0 Å². The largest absolute Gasteiger partial charge is 0.296 e. The van der Waals surface area contributed by atoms with E-state index in [0.29, 0.717) is 16.7 Å². The molecule has 3 nitrogen and oxygen atoms in total. The second-order valence-corrected chi connectivity index (χ2v) is 11.8. The lowest BCUT2D eigenvalue weighted by Gasteiger charge is -2.18. The first-order valence-corrected chi connectivity index (χ1v) is 15.7. The highest BCUT2D eigenvalue weighted by Crippen LogP contribution is 2.44. The summed E-state index contributed by atoms with van der Waals surface area (Å²) in [6, 6.07) is 49.5. The Bertz CT molecular complexity index is 2750. The Morgan fingerprint density at radius 3 is 1.89 bits per heavy atom. The van der Waals surface area contributed by atoms with E-state index in [9.17, 15) is 0 Å². The van der Waals surface area contributed by atoms with Crippen LogP contribution in [-0.2, 0) is 6.37 Å². The molecule has 0 bridgehead atoms. The maximum Gasteiger partial charge on any atom is 0.114 e. The molecule has 47 heavy (non-hydrogen) atoms. The quantitative estimate of drug-likeness (QED) is 0.183. The van der Waals surface area contributed by atoms with Gasteiger partial charge in [-0.05, 0) is 102 Å². The van der Waals surface area contributed by atoms with Crippen LogP contribution in [0, 0.1) is 0 Å². The zero-order valence-corrected chi connectivity index (χ0v) is 25.4. The van der Waals surface area contributed by atoms with Gasteiger partial charge in [-0.1, -0.05) is 116 Å². The zero-order valence-electron chi connectivity index (χ0n) is 30.4. The number of pyridine rings is 1. The SMILES string of the molecule is [2H]C([2H])([2H])C([2H])([2H])c1nc2ccccc2n1-c1ccc2cc(-c3c4ccccc4c(-c4ccc(-c5cccnc5)cc4)c4ccccc34)ccc2c1. The van der Waals surface area contributed by atoms with Gasteiger partial charge in [0.15, 0.2) is 0 Å². The minimum atomic E-state index is -2.90. The summed E-state index contributed by atoms with van der Waals surface area (Å²) in [6.45, 7) is -2.90. The van der Waals surface area contributed by atoms with Crippen molar-refractivity contribution >= 4 is 43.4 Å². The molecule has 0 radical (unpaired) electrons. The van der Waals surface area contributed by atoms with Gasteiger partial charge in [0.25, 0.3) is 0 Å². The molecule has 2 heterocycles. The van der Waals surface area contributed by atoms with Crippen LogP contribution in [-0.4, -0.2) is 14.5 Å². The van der Waals surface area contributed by atoms with Crippen molar-refractivity contribution in [1.29, 1.82) is 0 Å². The molecule has 0 saturated carbocycles. The number of aryl methyl sites for hydroxylation is 1. The summed E-state index contributed by atoms with van der Waals surface area (Å²) in [7, 11) is 0. The lowest BCUT2D eigenvalue weighted by Crippen LogP contribution is -2.00. The van der Waals surface area contributed by atoms with Gasteiger partial charge < -0.3 is 0 Å². The van der Waals surface area contributed by atoms with Gasteiger partial charge in [-0.2, -0.15) is 0 Å². The number of aromatic nitrogens is 3. The first-order chi connectivity index (χ1) is 25.2. The normalized spacial score (nSPS) is 13.7. The van der Waals surface area contributed by atoms with Gasteiger partial charge in [0.05, 0.1) is 11.0 Å². The summed E-state index contributed by atoms with van der Waals surface area (Å²) >= 11 is 0. The Morgan fingerprint density at radius 1 is 0.574 bits per heavy atom. The van der Waals surface area contributed by atoms with E-state index in [1.165, 1.54) is 16.3 Å². The number of hydrogen-bond donors (Lipinski definition) is 0. The highest BCUT2D eigenvalue weighted by molar-refractivity contribution is 6.21. The van der Waals surface area contributed by atoms with Crippen molar-refractivity contribution in [2.75, 3.05) is 0 Å². The predicted molar refractivity (Wildman–Crippen MR) is 197 cm³/mol. The molecule has 222 valence electrons. The summed E-state index contributed by atoms with van der Waals surface area (Å²) < 4.78 is 42.7. The topological polar surface area (TPSA) is 30.7 Å². The molecule has 0 saturated heterocycles. The highest BCUT2D eigenvalue weighted by Gasteiger charge is 2.17. The Hall–Kier alpha value is -6.06. The lowest BCUT2D eigenvalue weighted by atomic mass is 9.85. The molecule has 0 aliphatic heterocycles. The average Bonchev–Trinajstić information content (AvgIpc) is 3.57. The van der Waals surface area contributed by atoms with E-state index in [-0.39, 0.29) is 5.82 Å². The van der Waals surface area contributed by atoms with Gasteiger partial charge in [0.1, 0.15) is 5.82 Å². The van der Waals surface area contributed by atoms with Crippen LogP contribution in [0.4, 0.5) is 0 Å². The Morgan fingerprint density at radius 2 is 1.19 bits per heavy atom. The van der Waals surface area contributed by atoms with E-state index in [4.69, 9.17) is 6.85 Å². The van der Waals surface area contributed by atoms with Crippen molar-refractivity contribution in [1.82, 2.24) is 14.5 Å². The summed E-state index contributed by atoms with van der Waals surface area (Å²) in [4.78, 5) is 8.78. The Kier molecular flexibility index (Phi) is 5.29. The van der Waals surface area contributed by atoms with Crippen LogP contribution in [0.2, 0.25) is 0 Å². The monoisotopic (exact) mass is 606 g/mol. The fraction of sp³-hybridized carbons (Fsp3) is 0.0455. The van der Waals surface area contributed by atoms with Crippen LogP contribution in [0.5, 0.6) is 0 Å². The van der Waals surface area contributed by atoms with Crippen LogP contribution in [0.25, 0.3) is 82.4 Å². The minimum Gasteiger partial charge on any atom is -0.296 e. The van der Waals surface area contributed by atoms with Gasteiger partial charge in [-0.15, -0.1) is 0 Å². The smallest absolute Gasteiger partial charge is 0.114 e. The van der Waals surface area contributed by atoms with E-state index in [0.717, 1.165) is 49.4 Å². The van der Waals surface area contributed by atoms with E-state index in [1.54, 1.807) is 16.8 Å². The number of nitrogens with zero attached hydrogens (tertiary/aromatic N) is 3. The molecule has 9 aromatic rings. The minimum absolute atomic E-state index is 0.144. The number of hydrogen-bond acceptors (Lipinski definition) is 2. The molecule has 0 aliphatic rings. The first-order valence-electron chi connectivity index (χ1n) is 18.2. The molecule has 0 aliphatic carbocycles. The second kappa shape index (κ2) is 11.1. The van der Waals surface area contributed by atoms with Crippen LogP contribution in [0.1, 0.15) is 19.5 Å². The molecule has 0 unspecified atom stereocenters. The standard InChI is InChI=1S/C44H31N3/c1-2-42-46-40-15-7-8-16-41(40)47(42)35-24-23-31-26-33(22-21-32(31)27-35)44-38-13-5-3-11-36(38)43(37-12-4-6-14-39(37)44)30-19-17-29(18-20-30)34-10-9-25-45-28-34/h3-28H,2H2,1H3/i1D3,2D2. The molecule has 9 rings (SSSR count). The highest BCUT2D eigenvalue weighted by atomic mass is 15.1. The van der Waals surface area contributed by atoms with E-state index in [2.05, 4.69) is 107 Å². The molecule has 3 heteroatoms. The van der Waals surface area contributed by atoms with Crippen molar-refractivity contribution in [3.8, 4) is 39.1 Å². The number of imidazole rings is 1. The fourth-order valence-corrected chi connectivity index (χ4v) is 7.01. The third-order valence-electron chi connectivity index (χ3n) is 9.14. The van der Waals surface area contributed by atoms with Crippen molar-refractivity contribution in [2.24, 2.45) is 0 Å². The zero-order chi connectivity index (χ0) is 35.6. The summed E-state index contributed by atoms with van der Waals surface area (Å²) in [5, 5.41) is 6.61. The molecular weight excluding hydrogens is 571 g/mol. The third kappa shape index (κ3) is 4.51. The van der Waals surface area contributed by atoms with Crippen molar-refractivity contribution in [3.63, 3.8) is 0 Å². The average molecular weight is 607 g/mol. The summed E-state index contributed by atoms with van der Waals surface area (Å²) in [6.07, 6.45) is 1.01. The van der Waals surface area contributed by atoms with Gasteiger partial charge >= 0.3 is 0 Å². The number of fused-ring (bicyclic) bond motifs is 4. The molecule has 0 atom stereocenters. The van der Waals surface area contributed by atoms with Gasteiger partial charge in [-0.25, -0.2) is 4.98 Å². The molecule has 0 amide bonds. The summed E-state index contributed by atoms with van der Waals surface area (Å²) in [5.74, 6) is -0.144. The third-order valence-corrected chi connectivity index (χ3v) is 9.14. The number of benzene rings is 7. The predicted octanol–water partition coefficient (Wildman–Crippen LogP) is 11.4. The Balaban J connectivity index is 1.20. The second-order valence-electron chi connectivity index (χ2n) is 11.8. The molecule has 7 aromatic carbocycles. The van der Waals surface area contributed by atoms with Crippen molar-refractivity contribution < 1.29 is 6.85 Å². The number of rotatable bonds is 5. The van der Waals surface area contributed by atoms with Crippen molar-refractivity contribution in [2.45, 2.75) is 13.2 Å². The van der Waals surface area contributed by atoms with Crippen LogP contribution in [0.15, 0.2) is 158 Å². The van der Waals surface area contributed by atoms with Crippen LogP contribution < -0.4 is 0 Å². The maximum absolute atomic E-state index is 8.59. The molecule has 0 spiro atoms. The van der Waals surface area contributed by atoms with Gasteiger partial charge in [-0.3, -0.25) is 9.55 Å². The maximum atomic E-state index is 8.59. The molecule has 0 N–H and O–H groups in total. The fourth-order valence-electron chi connectivity index (χ4n) is 7.01. The van der Waals surface area contributed by atoms with Crippen LogP contribution in [0.3, 0.4) is 0 Å². The van der Waals surface area contributed by atoms with Crippen molar-refractivity contribution in [3.05, 3.63) is 164 Å². The Labute approximate surface area is 280 Å². The first kappa shape index (κ1) is 22.4. The van der Waals surface area contributed by atoms with Gasteiger partial charge in [0, 0.05) is 31.3 Å². The number of para-hydroxylation sites is 2. The molecule has 0 fully saturated rings. The van der Waals surface area contributed by atoms with E-state index >= 15 is 0 Å². The summed E-state index contributed by atoms with van der Waals surface area (Å²) in [5.41, 5.74) is 8.60. The van der Waals surface area contributed by atoms with E-state index in [1.807, 2.05) is 48.7 Å². The molecule has 2 aromatic heterocycles. The van der Waals surface area contributed by atoms with Gasteiger partial charge in [0.2, 0.25) is 0 Å². The van der Waals surface area contributed by atoms with E-state index < -0.39 is 13.2 Å². The lowest BCUT2D eigenvalue weighted by molar-refractivity contribution is 0.909. The molecular formula is C44H31N3.